The normalized spacial score (nSPS) is 23.9. The summed E-state index contributed by atoms with van der Waals surface area (Å²) in [6.07, 6.45) is -34.2. The van der Waals surface area contributed by atoms with Crippen LogP contribution < -0.4 is 0 Å². The Morgan fingerprint density at radius 1 is 0.758 bits per heavy atom. The summed E-state index contributed by atoms with van der Waals surface area (Å²) < 4.78 is 163. The highest BCUT2D eigenvalue weighted by atomic mass is 79.9. The number of alkyl halides is 13. The smallest absolute Gasteiger partial charge is 0.426 e. The molecule has 2 unspecified atom stereocenters. The second kappa shape index (κ2) is 9.09. The predicted molar refractivity (Wildman–Crippen MR) is 87.8 cm³/mol. The molecule has 4 nitrogen and oxygen atoms in total. The second-order valence-electron chi connectivity index (χ2n) is 7.39. The van der Waals surface area contributed by atoms with Gasteiger partial charge in [-0.3, -0.25) is 0 Å². The quantitative estimate of drug-likeness (QED) is 0.209. The minimum atomic E-state index is -6.60. The number of halogens is 13. The number of carbonyl (C=O) groups excluding carboxylic acids is 1. The van der Waals surface area contributed by atoms with E-state index in [2.05, 4.69) is 27.2 Å². The van der Waals surface area contributed by atoms with Crippen molar-refractivity contribution in [3.8, 4) is 0 Å². The third-order valence-electron chi connectivity index (χ3n) is 5.30. The molecule has 1 aliphatic rings. The third-order valence-corrected chi connectivity index (χ3v) is 5.97. The lowest BCUT2D eigenvalue weighted by Gasteiger charge is -2.48. The molecule has 0 aromatic carbocycles. The van der Waals surface area contributed by atoms with E-state index in [1.807, 2.05) is 0 Å². The van der Waals surface area contributed by atoms with Gasteiger partial charge in [0.25, 0.3) is 11.2 Å². The van der Waals surface area contributed by atoms with Gasteiger partial charge in [0.15, 0.2) is 0 Å². The van der Waals surface area contributed by atoms with E-state index in [4.69, 9.17) is 0 Å². The maximum absolute atomic E-state index is 13.2. The van der Waals surface area contributed by atoms with Gasteiger partial charge >= 0.3 is 30.7 Å². The van der Waals surface area contributed by atoms with Crippen molar-refractivity contribution in [2.24, 2.45) is 11.8 Å². The topological polar surface area (TPSA) is 66.8 Å². The number of rotatable bonds is 5. The third kappa shape index (κ3) is 5.39. The summed E-state index contributed by atoms with van der Waals surface area (Å²) in [7, 11) is 0. The van der Waals surface area contributed by atoms with Crippen LogP contribution in [0.15, 0.2) is 12.2 Å². The molecule has 0 aromatic heterocycles. The molecule has 0 aliphatic heterocycles. The highest BCUT2D eigenvalue weighted by molar-refractivity contribution is 9.09. The van der Waals surface area contributed by atoms with Crippen molar-refractivity contribution in [1.82, 2.24) is 0 Å². The zero-order valence-corrected chi connectivity index (χ0v) is 17.5. The van der Waals surface area contributed by atoms with E-state index in [-0.39, 0.29) is 5.33 Å². The van der Waals surface area contributed by atoms with Gasteiger partial charge < -0.3 is 14.9 Å². The fourth-order valence-electron chi connectivity index (χ4n) is 3.58. The molecule has 194 valence electrons. The molecule has 0 aromatic rings. The Bertz CT molecular complexity index is 666. The zero-order chi connectivity index (χ0) is 26.4. The van der Waals surface area contributed by atoms with Crippen molar-refractivity contribution in [2.75, 3.05) is 5.33 Å². The molecule has 1 fully saturated rings. The molecule has 0 radical (unpaired) electrons. The van der Waals surface area contributed by atoms with Crippen molar-refractivity contribution in [3.63, 3.8) is 0 Å². The van der Waals surface area contributed by atoms with Crippen LogP contribution in [0.4, 0.5) is 52.7 Å². The van der Waals surface area contributed by atoms with Crippen molar-refractivity contribution < 1.29 is 72.4 Å². The Balaban J connectivity index is 3.67. The van der Waals surface area contributed by atoms with Gasteiger partial charge in [0.1, 0.15) is 6.10 Å². The molecule has 1 rings (SSSR count). The van der Waals surface area contributed by atoms with Crippen LogP contribution in [0.3, 0.4) is 0 Å². The molecular weight excluding hydrogens is 564 g/mol. The Hall–Kier alpha value is -1.23. The molecule has 0 saturated heterocycles. The number of aliphatic hydroxyl groups is 2. The fraction of sp³-hybridized carbons (Fsp3) is 0.812. The summed E-state index contributed by atoms with van der Waals surface area (Å²) >= 11 is 2.70. The van der Waals surface area contributed by atoms with Gasteiger partial charge in [0, 0.05) is 22.7 Å². The van der Waals surface area contributed by atoms with Gasteiger partial charge in [-0.1, -0.05) is 22.5 Å². The minimum Gasteiger partial charge on any atom is -0.459 e. The first-order chi connectivity index (χ1) is 14.4. The standard InChI is InChI=1S/C16H15BrF12O4/c1-6(5-17)10(30)33-9-3-7(11(31,13(18,19)20)14(21,22)23)2-8(4-9)12(32,15(24,25)26)16(27,28)29/h7-9,31-32H,1-5H2. The number of ether oxygens (including phenoxy) is 1. The van der Waals surface area contributed by atoms with Gasteiger partial charge in [-0.15, -0.1) is 0 Å². The molecular formula is C16H15BrF12O4. The van der Waals surface area contributed by atoms with Crippen molar-refractivity contribution in [2.45, 2.75) is 61.3 Å². The van der Waals surface area contributed by atoms with Crippen molar-refractivity contribution >= 4 is 21.9 Å². The van der Waals surface area contributed by atoms with Crippen LogP contribution in [0.5, 0.6) is 0 Å². The number of hydrogen-bond donors (Lipinski definition) is 2. The molecule has 0 amide bonds. The summed E-state index contributed by atoms with van der Waals surface area (Å²) in [5.41, 5.74) is -12.1. The Labute approximate surface area is 185 Å². The first-order valence-electron chi connectivity index (χ1n) is 8.61. The molecule has 0 spiro atoms. The predicted octanol–water partition coefficient (Wildman–Crippen LogP) is 4.98. The van der Waals surface area contributed by atoms with E-state index in [1.165, 1.54) is 0 Å². The second-order valence-corrected chi connectivity index (χ2v) is 7.95. The maximum Gasteiger partial charge on any atom is 0.426 e. The molecule has 1 aliphatic carbocycles. The van der Waals surface area contributed by atoms with Crippen LogP contribution in [0.2, 0.25) is 0 Å². The first kappa shape index (κ1) is 29.8. The van der Waals surface area contributed by atoms with Gasteiger partial charge in [0.2, 0.25) is 0 Å². The summed E-state index contributed by atoms with van der Waals surface area (Å²) in [5.74, 6) is -8.34. The lowest BCUT2D eigenvalue weighted by atomic mass is 9.65. The van der Waals surface area contributed by atoms with Crippen LogP contribution in [-0.4, -0.2) is 63.5 Å². The minimum absolute atomic E-state index is 0.366. The van der Waals surface area contributed by atoms with E-state index in [0.717, 1.165) is 0 Å². The molecule has 17 heteroatoms. The van der Waals surface area contributed by atoms with Crippen LogP contribution in [0.25, 0.3) is 0 Å². The van der Waals surface area contributed by atoms with Crippen LogP contribution in [-0.2, 0) is 9.53 Å². The summed E-state index contributed by atoms with van der Waals surface area (Å²) in [6, 6.07) is 0. The molecule has 0 heterocycles. The lowest BCUT2D eigenvalue weighted by Crippen LogP contribution is -2.67. The van der Waals surface area contributed by atoms with Crippen LogP contribution >= 0.6 is 15.9 Å². The summed E-state index contributed by atoms with van der Waals surface area (Å²) in [6.45, 7) is 3.09. The van der Waals surface area contributed by atoms with E-state index in [9.17, 15) is 67.7 Å². The van der Waals surface area contributed by atoms with Crippen molar-refractivity contribution in [3.05, 3.63) is 12.2 Å². The number of carbonyl (C=O) groups is 1. The largest absolute Gasteiger partial charge is 0.459 e. The number of hydrogen-bond acceptors (Lipinski definition) is 4. The fourth-order valence-corrected chi connectivity index (χ4v) is 3.81. The Morgan fingerprint density at radius 3 is 1.30 bits per heavy atom. The van der Waals surface area contributed by atoms with E-state index < -0.39 is 84.7 Å². The number of esters is 1. The zero-order valence-electron chi connectivity index (χ0n) is 15.9. The SMILES string of the molecule is C=C(CBr)C(=O)OC1CC(C(O)(C(F)(F)F)C(F)(F)F)CC(C(O)(C(F)(F)F)C(F)(F)F)C1. The summed E-state index contributed by atoms with van der Waals surface area (Å²) in [5, 5.41) is 18.7. The van der Waals surface area contributed by atoms with E-state index >= 15 is 0 Å². The van der Waals surface area contributed by atoms with E-state index in [1.54, 1.807) is 0 Å². The highest BCUT2D eigenvalue weighted by Crippen LogP contribution is 2.57. The van der Waals surface area contributed by atoms with Crippen LogP contribution in [0, 0.1) is 11.8 Å². The summed E-state index contributed by atoms with van der Waals surface area (Å²) in [4.78, 5) is 11.8. The molecule has 1 saturated carbocycles. The van der Waals surface area contributed by atoms with Gasteiger partial charge in [-0.25, -0.2) is 4.79 Å². The molecule has 2 N–H and O–H groups in total. The molecule has 0 bridgehead atoms. The van der Waals surface area contributed by atoms with Gasteiger partial charge in [-0.2, -0.15) is 52.7 Å². The van der Waals surface area contributed by atoms with E-state index in [0.29, 0.717) is 0 Å². The maximum atomic E-state index is 13.2. The molecule has 2 atom stereocenters. The Kier molecular flexibility index (Phi) is 8.21. The average Bonchev–Trinajstić information content (AvgIpc) is 2.61. The molecule has 33 heavy (non-hydrogen) atoms. The van der Waals surface area contributed by atoms with Crippen molar-refractivity contribution in [1.29, 1.82) is 0 Å². The highest BCUT2D eigenvalue weighted by Gasteiger charge is 2.78. The monoisotopic (exact) mass is 578 g/mol. The Morgan fingerprint density at radius 2 is 1.06 bits per heavy atom. The van der Waals surface area contributed by atoms with Crippen LogP contribution in [0.1, 0.15) is 19.3 Å². The lowest BCUT2D eigenvalue weighted by molar-refractivity contribution is -0.405. The van der Waals surface area contributed by atoms with Gasteiger partial charge in [-0.05, 0) is 19.3 Å². The first-order valence-corrected chi connectivity index (χ1v) is 9.73. The average molecular weight is 579 g/mol. The van der Waals surface area contributed by atoms with Gasteiger partial charge in [0.05, 0.1) is 0 Å².